The molecule has 0 aliphatic heterocycles. The Labute approximate surface area is 173 Å². The quantitative estimate of drug-likeness (QED) is 0.468. The number of methoxy groups -OCH3 is 1. The Morgan fingerprint density at radius 3 is 2.21 bits per heavy atom. The first-order valence-corrected chi connectivity index (χ1v) is 10.6. The molecule has 0 saturated carbocycles. The second kappa shape index (κ2) is 6.83. The summed E-state index contributed by atoms with van der Waals surface area (Å²) in [6.07, 6.45) is 10.1. The summed E-state index contributed by atoms with van der Waals surface area (Å²) in [6, 6.07) is 4.51. The molecule has 152 valence electrons. The molecule has 0 N–H and O–H groups in total. The minimum Gasteiger partial charge on any atom is -0.465 e. The molecular formula is C26H30O3. The molecule has 0 fully saturated rings. The van der Waals surface area contributed by atoms with Crippen molar-refractivity contribution in [2.75, 3.05) is 7.11 Å². The van der Waals surface area contributed by atoms with E-state index in [0.717, 1.165) is 36.0 Å². The lowest BCUT2D eigenvalue weighted by Crippen LogP contribution is -2.35. The van der Waals surface area contributed by atoms with Gasteiger partial charge < -0.3 is 4.74 Å². The van der Waals surface area contributed by atoms with E-state index in [1.165, 1.54) is 30.2 Å². The fraction of sp³-hybridized carbons (Fsp3) is 0.462. The predicted molar refractivity (Wildman–Crippen MR) is 115 cm³/mol. The van der Waals surface area contributed by atoms with Crippen molar-refractivity contribution in [3.63, 3.8) is 0 Å². The van der Waals surface area contributed by atoms with Crippen molar-refractivity contribution < 1.29 is 14.3 Å². The fourth-order valence-corrected chi connectivity index (χ4v) is 4.96. The van der Waals surface area contributed by atoms with Gasteiger partial charge in [0.2, 0.25) is 0 Å². The molecule has 0 spiro atoms. The summed E-state index contributed by atoms with van der Waals surface area (Å²) in [4.78, 5) is 25.1. The summed E-state index contributed by atoms with van der Waals surface area (Å²) >= 11 is 0. The highest BCUT2D eigenvalue weighted by Gasteiger charge is 2.39. The van der Waals surface area contributed by atoms with Gasteiger partial charge >= 0.3 is 5.97 Å². The topological polar surface area (TPSA) is 43.4 Å². The molecule has 3 aliphatic carbocycles. The van der Waals surface area contributed by atoms with Crippen LogP contribution >= 0.6 is 0 Å². The first-order valence-electron chi connectivity index (χ1n) is 10.6. The number of Topliss-reactive ketones (excluding diaryl/α,β-unsaturated/α-hetero) is 1. The van der Waals surface area contributed by atoms with E-state index >= 15 is 0 Å². The number of esters is 1. The minimum atomic E-state index is -0.331. The molecule has 0 atom stereocenters. The maximum absolute atomic E-state index is 13.4. The number of allylic oxidation sites excluding steroid dienone is 4. The van der Waals surface area contributed by atoms with Crippen LogP contribution in [0.15, 0.2) is 47.1 Å². The predicted octanol–water partition coefficient (Wildman–Crippen LogP) is 5.52. The van der Waals surface area contributed by atoms with Gasteiger partial charge in [0, 0.05) is 11.1 Å². The lowest BCUT2D eigenvalue weighted by Gasteiger charge is -2.42. The number of hydrogen-bond donors (Lipinski definition) is 0. The first kappa shape index (κ1) is 19.9. The third-order valence-electron chi connectivity index (χ3n) is 7.05. The van der Waals surface area contributed by atoms with E-state index in [4.69, 9.17) is 4.74 Å². The molecule has 0 radical (unpaired) electrons. The van der Waals surface area contributed by atoms with Crippen molar-refractivity contribution in [1.29, 1.82) is 0 Å². The highest BCUT2D eigenvalue weighted by Crippen LogP contribution is 2.47. The van der Waals surface area contributed by atoms with E-state index in [-0.39, 0.29) is 22.6 Å². The van der Waals surface area contributed by atoms with E-state index in [2.05, 4.69) is 39.8 Å². The molecule has 4 rings (SSSR count). The number of hydrogen-bond acceptors (Lipinski definition) is 3. The highest BCUT2D eigenvalue weighted by atomic mass is 16.5. The summed E-state index contributed by atoms with van der Waals surface area (Å²) in [5, 5.41) is 0. The van der Waals surface area contributed by atoms with Crippen LogP contribution in [0.1, 0.15) is 80.4 Å². The molecule has 1 aromatic rings. The average molecular weight is 391 g/mol. The lowest BCUT2D eigenvalue weighted by molar-refractivity contribution is -0.135. The molecule has 0 heterocycles. The smallest absolute Gasteiger partial charge is 0.337 e. The van der Waals surface area contributed by atoms with E-state index in [0.29, 0.717) is 12.0 Å². The lowest BCUT2D eigenvalue weighted by atomic mass is 9.62. The molecule has 1 aromatic carbocycles. The molecule has 0 unspecified atom stereocenters. The van der Waals surface area contributed by atoms with E-state index in [1.54, 1.807) is 6.08 Å². The molecule has 0 aromatic heterocycles. The fourth-order valence-electron chi connectivity index (χ4n) is 4.96. The number of ether oxygens (including phenoxy) is 1. The average Bonchev–Trinajstić information content (AvgIpc) is 2.71. The Morgan fingerprint density at radius 1 is 0.966 bits per heavy atom. The number of fused-ring (bicyclic) bond motifs is 2. The molecule has 0 amide bonds. The number of aryl methyl sites for hydroxylation is 1. The third kappa shape index (κ3) is 3.31. The van der Waals surface area contributed by atoms with Gasteiger partial charge in [-0.05, 0) is 77.3 Å². The van der Waals surface area contributed by atoms with Crippen LogP contribution in [0.25, 0.3) is 0 Å². The second-order valence-electron chi connectivity index (χ2n) is 9.84. The van der Waals surface area contributed by atoms with Gasteiger partial charge in [-0.1, -0.05) is 45.9 Å². The maximum Gasteiger partial charge on any atom is 0.337 e. The Hall–Kier alpha value is -2.42. The van der Waals surface area contributed by atoms with Crippen molar-refractivity contribution >= 4 is 11.8 Å². The molecule has 3 heteroatoms. The zero-order valence-corrected chi connectivity index (χ0v) is 18.1. The number of ketones is 1. The molecule has 3 nitrogen and oxygen atoms in total. The van der Waals surface area contributed by atoms with E-state index in [1.807, 2.05) is 12.2 Å². The number of rotatable bonds is 1. The van der Waals surface area contributed by atoms with Crippen LogP contribution in [0.2, 0.25) is 0 Å². The third-order valence-corrected chi connectivity index (χ3v) is 7.05. The van der Waals surface area contributed by atoms with Crippen molar-refractivity contribution in [3.05, 3.63) is 69.3 Å². The van der Waals surface area contributed by atoms with Gasteiger partial charge in [0.05, 0.1) is 12.7 Å². The SMILES string of the molecule is COC(=O)C1=CCC(=C2CCc3cc4c(cc3C2=O)C(C)(C)CCC4(C)C)C=C1. The van der Waals surface area contributed by atoms with Gasteiger partial charge in [-0.25, -0.2) is 4.79 Å². The number of carbonyl (C=O) groups is 2. The van der Waals surface area contributed by atoms with Crippen molar-refractivity contribution in [1.82, 2.24) is 0 Å². The Bertz CT molecular complexity index is 999. The largest absolute Gasteiger partial charge is 0.465 e. The Kier molecular flexibility index (Phi) is 4.68. The Balaban J connectivity index is 1.74. The van der Waals surface area contributed by atoms with Crippen LogP contribution in [0.3, 0.4) is 0 Å². The highest BCUT2D eigenvalue weighted by molar-refractivity contribution is 6.11. The van der Waals surface area contributed by atoms with Gasteiger partial charge in [0.15, 0.2) is 5.78 Å². The van der Waals surface area contributed by atoms with Crippen LogP contribution < -0.4 is 0 Å². The summed E-state index contributed by atoms with van der Waals surface area (Å²) < 4.78 is 4.79. The second-order valence-corrected chi connectivity index (χ2v) is 9.84. The van der Waals surface area contributed by atoms with Crippen molar-refractivity contribution in [2.24, 2.45) is 0 Å². The monoisotopic (exact) mass is 390 g/mol. The van der Waals surface area contributed by atoms with Crippen LogP contribution in [-0.4, -0.2) is 18.9 Å². The zero-order chi connectivity index (χ0) is 21.0. The first-order chi connectivity index (χ1) is 13.6. The Morgan fingerprint density at radius 2 is 1.62 bits per heavy atom. The van der Waals surface area contributed by atoms with E-state index in [9.17, 15) is 9.59 Å². The minimum absolute atomic E-state index is 0.0911. The summed E-state index contributed by atoms with van der Waals surface area (Å²) in [7, 11) is 1.38. The van der Waals surface area contributed by atoms with Gasteiger partial charge in [0.1, 0.15) is 0 Å². The molecule has 29 heavy (non-hydrogen) atoms. The molecule has 0 saturated heterocycles. The van der Waals surface area contributed by atoms with Crippen LogP contribution in [0, 0.1) is 0 Å². The number of benzene rings is 1. The summed E-state index contributed by atoms with van der Waals surface area (Å²) in [6.45, 7) is 9.24. The van der Waals surface area contributed by atoms with Gasteiger partial charge in [0.25, 0.3) is 0 Å². The zero-order valence-electron chi connectivity index (χ0n) is 18.1. The van der Waals surface area contributed by atoms with Crippen LogP contribution in [0.5, 0.6) is 0 Å². The maximum atomic E-state index is 13.4. The van der Waals surface area contributed by atoms with E-state index < -0.39 is 0 Å². The van der Waals surface area contributed by atoms with Crippen molar-refractivity contribution in [3.8, 4) is 0 Å². The van der Waals surface area contributed by atoms with Crippen LogP contribution in [-0.2, 0) is 26.8 Å². The molecular weight excluding hydrogens is 360 g/mol. The van der Waals surface area contributed by atoms with Crippen molar-refractivity contribution in [2.45, 2.75) is 70.6 Å². The summed E-state index contributed by atoms with van der Waals surface area (Å²) in [5.41, 5.74) is 7.52. The number of carbonyl (C=O) groups excluding carboxylic acids is 2. The normalized spacial score (nSPS) is 24.4. The summed E-state index contributed by atoms with van der Waals surface area (Å²) in [5.74, 6) is -0.176. The standard InChI is InChI=1S/C26H30O3/c1-25(2)12-13-26(3,4)22-15-20-18(14-21(22)25)10-11-19(23(20)27)16-6-8-17(9-7-16)24(28)29-5/h6,8-9,14-15H,7,10-13H2,1-5H3. The molecule has 0 bridgehead atoms. The molecule has 3 aliphatic rings. The van der Waals surface area contributed by atoms with Crippen LogP contribution in [0.4, 0.5) is 0 Å². The van der Waals surface area contributed by atoms with Gasteiger partial charge in [-0.2, -0.15) is 0 Å². The van der Waals surface area contributed by atoms with Gasteiger partial charge in [-0.3, -0.25) is 4.79 Å². The van der Waals surface area contributed by atoms with Gasteiger partial charge in [-0.15, -0.1) is 0 Å².